The molecule has 4 N–H and O–H groups in total. The monoisotopic (exact) mass is 421 g/mol. The molecule has 0 spiro atoms. The highest BCUT2D eigenvalue weighted by Crippen LogP contribution is 2.42. The van der Waals surface area contributed by atoms with Crippen molar-refractivity contribution in [2.24, 2.45) is 5.73 Å². The third kappa shape index (κ3) is 3.14. The zero-order chi connectivity index (χ0) is 19.9. The zero-order valence-electron chi connectivity index (χ0n) is 14.0. The van der Waals surface area contributed by atoms with Crippen molar-refractivity contribution >= 4 is 68.6 Å². The number of rotatable bonds is 5. The van der Waals surface area contributed by atoms with E-state index < -0.39 is 11.9 Å². The number of aromatic amines is 1. The van der Waals surface area contributed by atoms with E-state index in [1.807, 2.05) is 0 Å². The molecule has 0 aliphatic rings. The summed E-state index contributed by atoms with van der Waals surface area (Å²) in [6.07, 6.45) is 3.20. The van der Waals surface area contributed by atoms with Crippen LogP contribution < -0.4 is 5.73 Å². The number of thiophene rings is 1. The molecule has 27 heavy (non-hydrogen) atoms. The van der Waals surface area contributed by atoms with Gasteiger partial charge in [0.15, 0.2) is 0 Å². The first-order valence-electron chi connectivity index (χ1n) is 7.63. The van der Waals surface area contributed by atoms with Crippen LogP contribution in [0.3, 0.4) is 0 Å². The molecule has 0 aliphatic carbocycles. The lowest BCUT2D eigenvalue weighted by Crippen LogP contribution is -2.11. The topological polar surface area (TPSA) is 109 Å². The number of nitrogens with one attached hydrogen (secondary N) is 1. The number of H-pyrrole nitrogens is 1. The Morgan fingerprint density at radius 1 is 1.41 bits per heavy atom. The summed E-state index contributed by atoms with van der Waals surface area (Å²) in [6, 6.07) is 3.09. The van der Waals surface area contributed by atoms with Crippen molar-refractivity contribution in [3.05, 3.63) is 50.7 Å². The number of halogens is 2. The second kappa shape index (κ2) is 7.19. The lowest BCUT2D eigenvalue weighted by atomic mass is 10.1. The van der Waals surface area contributed by atoms with E-state index in [-0.39, 0.29) is 21.3 Å². The van der Waals surface area contributed by atoms with Gasteiger partial charge in [-0.1, -0.05) is 41.9 Å². The number of imidazole rings is 1. The summed E-state index contributed by atoms with van der Waals surface area (Å²) < 4.78 is 0. The molecular weight excluding hydrogens is 409 g/mol. The molecule has 1 amide bonds. The van der Waals surface area contributed by atoms with Gasteiger partial charge in [-0.15, -0.1) is 11.3 Å². The summed E-state index contributed by atoms with van der Waals surface area (Å²) in [7, 11) is 0. The number of hydrogen-bond acceptors (Lipinski definition) is 4. The van der Waals surface area contributed by atoms with Gasteiger partial charge in [0.05, 0.1) is 21.7 Å². The van der Waals surface area contributed by atoms with Gasteiger partial charge in [-0.2, -0.15) is 0 Å². The van der Waals surface area contributed by atoms with Crippen LogP contribution in [0.2, 0.25) is 5.02 Å². The minimum absolute atomic E-state index is 0.0604. The number of benzene rings is 1. The summed E-state index contributed by atoms with van der Waals surface area (Å²) in [5.74, 6) is -1.53. The fourth-order valence-corrected chi connectivity index (χ4v) is 4.26. The first kappa shape index (κ1) is 19.2. The summed E-state index contributed by atoms with van der Waals surface area (Å²) >= 11 is 13.6. The van der Waals surface area contributed by atoms with Crippen LogP contribution >= 0.6 is 34.5 Å². The summed E-state index contributed by atoms with van der Waals surface area (Å²) in [5.41, 5.74) is 7.14. The van der Waals surface area contributed by atoms with Gasteiger partial charge >= 0.3 is 5.97 Å². The average Bonchev–Trinajstić information content (AvgIpc) is 3.22. The maximum Gasteiger partial charge on any atom is 0.346 e. The zero-order valence-corrected chi connectivity index (χ0v) is 16.3. The molecule has 0 atom stereocenters. The minimum atomic E-state index is -1.12. The number of hydrogen-bond donors (Lipinski definition) is 3. The molecule has 138 valence electrons. The molecule has 6 nitrogen and oxygen atoms in total. The number of carboxylic acid groups (broad SMARTS) is 1. The number of primary amides is 1. The predicted molar refractivity (Wildman–Crippen MR) is 109 cm³/mol. The van der Waals surface area contributed by atoms with Crippen LogP contribution in [0, 0.1) is 0 Å². The molecule has 0 aliphatic heterocycles. The number of carbonyl (C=O) groups is 2. The van der Waals surface area contributed by atoms with Crippen molar-refractivity contribution in [3.63, 3.8) is 0 Å². The minimum Gasteiger partial charge on any atom is -0.477 e. The first-order chi connectivity index (χ1) is 12.8. The Kier molecular flexibility index (Phi) is 5.10. The third-order valence-corrected chi connectivity index (χ3v) is 5.87. The molecule has 9 heteroatoms. The van der Waals surface area contributed by atoms with Gasteiger partial charge in [-0.3, -0.25) is 4.79 Å². The standard InChI is InChI=1S/C18H13Cl2N3O3S/c1-3-8(19)11-10(4-2)27-15(18(25)26)12(11)17-22-9-6-5-7(16(21)24)13(20)14(9)23-17/h3-6H,2H2,1H3,(H2,21,24)(H,22,23)(H,25,26)/b8-3+. The SMILES string of the molecule is C=Cc1sc(C(=O)O)c(-c2nc3c(Cl)c(C(N)=O)ccc3[nH]2)c1/C(Cl)=C\C. The molecule has 1 aromatic carbocycles. The lowest BCUT2D eigenvalue weighted by Gasteiger charge is -2.03. The van der Waals surface area contributed by atoms with E-state index in [1.54, 1.807) is 25.1 Å². The van der Waals surface area contributed by atoms with Crippen LogP contribution in [0.5, 0.6) is 0 Å². The fraction of sp³-hybridized carbons (Fsp3) is 0.0556. The van der Waals surface area contributed by atoms with Crippen LogP contribution in [-0.2, 0) is 0 Å². The van der Waals surface area contributed by atoms with Crippen LogP contribution in [0.15, 0.2) is 24.8 Å². The van der Waals surface area contributed by atoms with E-state index in [4.69, 9.17) is 28.9 Å². The van der Waals surface area contributed by atoms with E-state index in [1.165, 1.54) is 6.07 Å². The summed E-state index contributed by atoms with van der Waals surface area (Å²) in [5, 5.41) is 10.1. The van der Waals surface area contributed by atoms with E-state index in [9.17, 15) is 14.7 Å². The smallest absolute Gasteiger partial charge is 0.346 e. The molecule has 3 rings (SSSR count). The molecule has 0 unspecified atom stereocenters. The van der Waals surface area contributed by atoms with Crippen molar-refractivity contribution in [1.82, 2.24) is 9.97 Å². The van der Waals surface area contributed by atoms with Gasteiger partial charge < -0.3 is 15.8 Å². The molecule has 0 saturated heterocycles. The third-order valence-electron chi connectivity index (χ3n) is 3.90. The number of allylic oxidation sites excluding steroid dienone is 1. The van der Waals surface area contributed by atoms with Crippen LogP contribution in [0.1, 0.15) is 37.4 Å². The van der Waals surface area contributed by atoms with Crippen LogP contribution in [-0.4, -0.2) is 27.0 Å². The van der Waals surface area contributed by atoms with Crippen molar-refractivity contribution < 1.29 is 14.7 Å². The fourth-order valence-electron chi connectivity index (χ4n) is 2.70. The van der Waals surface area contributed by atoms with Crippen molar-refractivity contribution in [2.75, 3.05) is 0 Å². The lowest BCUT2D eigenvalue weighted by molar-refractivity contribution is 0.0702. The predicted octanol–water partition coefficient (Wildman–Crippen LogP) is 4.98. The Labute approximate surface area is 167 Å². The van der Waals surface area contributed by atoms with Crippen molar-refractivity contribution in [3.8, 4) is 11.4 Å². The van der Waals surface area contributed by atoms with E-state index in [0.29, 0.717) is 32.1 Å². The Balaban J connectivity index is 2.38. The first-order valence-corrected chi connectivity index (χ1v) is 9.20. The second-order valence-corrected chi connectivity index (χ2v) is 7.30. The molecule has 0 saturated carbocycles. The number of amides is 1. The van der Waals surface area contributed by atoms with Crippen molar-refractivity contribution in [1.29, 1.82) is 0 Å². The number of nitrogens with zero attached hydrogens (tertiary/aromatic N) is 1. The Morgan fingerprint density at radius 2 is 2.11 bits per heavy atom. The number of carboxylic acids is 1. The van der Waals surface area contributed by atoms with Crippen molar-refractivity contribution in [2.45, 2.75) is 6.92 Å². The summed E-state index contributed by atoms with van der Waals surface area (Å²) in [4.78, 5) is 31.4. The summed E-state index contributed by atoms with van der Waals surface area (Å²) in [6.45, 7) is 5.47. The molecule has 0 fully saturated rings. The average molecular weight is 422 g/mol. The number of nitrogens with two attached hydrogens (primary N) is 1. The number of carbonyl (C=O) groups excluding carboxylic acids is 1. The molecule has 3 aromatic rings. The molecular formula is C18H13Cl2N3O3S. The van der Waals surface area contributed by atoms with E-state index in [2.05, 4.69) is 16.5 Å². The molecule has 2 heterocycles. The van der Waals surface area contributed by atoms with Gasteiger partial charge in [0.2, 0.25) is 5.91 Å². The van der Waals surface area contributed by atoms with Gasteiger partial charge in [-0.25, -0.2) is 9.78 Å². The number of aromatic carboxylic acids is 1. The molecule has 0 bridgehead atoms. The highest BCUT2D eigenvalue weighted by molar-refractivity contribution is 7.15. The molecule has 2 aromatic heterocycles. The van der Waals surface area contributed by atoms with Crippen LogP contribution in [0.25, 0.3) is 33.5 Å². The molecule has 0 radical (unpaired) electrons. The van der Waals surface area contributed by atoms with Gasteiger partial charge in [0.25, 0.3) is 0 Å². The van der Waals surface area contributed by atoms with Crippen LogP contribution in [0.4, 0.5) is 0 Å². The van der Waals surface area contributed by atoms with E-state index >= 15 is 0 Å². The Morgan fingerprint density at radius 3 is 2.67 bits per heavy atom. The number of aromatic nitrogens is 2. The second-order valence-electron chi connectivity index (χ2n) is 5.46. The highest BCUT2D eigenvalue weighted by Gasteiger charge is 2.27. The normalized spacial score (nSPS) is 11.7. The maximum atomic E-state index is 11.8. The highest BCUT2D eigenvalue weighted by atomic mass is 35.5. The largest absolute Gasteiger partial charge is 0.477 e. The van der Waals surface area contributed by atoms with Gasteiger partial charge in [0.1, 0.15) is 16.2 Å². The maximum absolute atomic E-state index is 11.8. The van der Waals surface area contributed by atoms with Gasteiger partial charge in [0, 0.05) is 15.5 Å². The Hall–Kier alpha value is -2.61. The van der Waals surface area contributed by atoms with Gasteiger partial charge in [-0.05, 0) is 19.1 Å². The van der Waals surface area contributed by atoms with E-state index in [0.717, 1.165) is 11.3 Å². The Bertz CT molecular complexity index is 1140. The number of fused-ring (bicyclic) bond motifs is 1. The quantitative estimate of drug-likeness (QED) is 0.539.